The number of likely N-dealkylation sites (tertiary alicyclic amines) is 2. The summed E-state index contributed by atoms with van der Waals surface area (Å²) in [6.07, 6.45) is 4.82. The lowest BCUT2D eigenvalue weighted by Crippen LogP contribution is -2.43. The van der Waals surface area contributed by atoms with E-state index in [1.165, 1.54) is 21.9 Å². The zero-order valence-electron chi connectivity index (χ0n) is 26.2. The van der Waals surface area contributed by atoms with E-state index < -0.39 is 11.7 Å². The second-order valence-electron chi connectivity index (χ2n) is 12.8. The first-order chi connectivity index (χ1) is 22.1. The lowest BCUT2D eigenvalue weighted by molar-refractivity contribution is -0.134. The number of benzene rings is 2. The van der Waals surface area contributed by atoms with Crippen molar-refractivity contribution in [2.24, 2.45) is 7.05 Å². The number of nitrogens with zero attached hydrogens (tertiary/aromatic N) is 4. The first kappa shape index (κ1) is 32.3. The van der Waals surface area contributed by atoms with Crippen molar-refractivity contribution in [3.63, 3.8) is 0 Å². The molecule has 3 atom stereocenters. The highest BCUT2D eigenvalue weighted by Crippen LogP contribution is 2.31. The van der Waals surface area contributed by atoms with Crippen molar-refractivity contribution in [1.82, 2.24) is 24.9 Å². The predicted molar refractivity (Wildman–Crippen MR) is 176 cm³/mol. The molecule has 0 aliphatic carbocycles. The molecular weight excluding hydrogens is 655 g/mol. The van der Waals surface area contributed by atoms with Crippen LogP contribution in [0.5, 0.6) is 5.75 Å². The van der Waals surface area contributed by atoms with Crippen molar-refractivity contribution in [1.29, 1.82) is 0 Å². The number of hydrogen-bond donors (Lipinski definition) is 2. The second-order valence-corrected chi connectivity index (χ2v) is 13.6. The molecule has 0 bridgehead atoms. The lowest BCUT2D eigenvalue weighted by Gasteiger charge is -2.37. The number of nitrogens with one attached hydrogen (secondary N) is 2. The molecule has 1 aromatic heterocycles. The molecule has 10 nitrogen and oxygen atoms in total. The summed E-state index contributed by atoms with van der Waals surface area (Å²) in [6, 6.07) is 13.8. The van der Waals surface area contributed by atoms with Crippen LogP contribution in [0.2, 0.25) is 0 Å². The van der Waals surface area contributed by atoms with Gasteiger partial charge in [-0.25, -0.2) is 9.07 Å². The van der Waals surface area contributed by atoms with E-state index in [4.69, 9.17) is 4.74 Å². The van der Waals surface area contributed by atoms with Crippen LogP contribution in [0, 0.1) is 5.82 Å². The van der Waals surface area contributed by atoms with Gasteiger partial charge in [0.1, 0.15) is 10.6 Å². The van der Waals surface area contributed by atoms with Crippen molar-refractivity contribution in [3.05, 3.63) is 86.0 Å². The summed E-state index contributed by atoms with van der Waals surface area (Å²) >= 11 is 3.43. The van der Waals surface area contributed by atoms with Crippen LogP contribution in [0.15, 0.2) is 57.9 Å². The summed E-state index contributed by atoms with van der Waals surface area (Å²) in [5.41, 5.74) is 3.69. The molecule has 3 aliphatic heterocycles. The number of anilines is 1. The van der Waals surface area contributed by atoms with Crippen molar-refractivity contribution in [2.75, 3.05) is 38.5 Å². The topological polar surface area (TPSA) is 109 Å². The third-order valence-corrected chi connectivity index (χ3v) is 10.1. The molecule has 3 aromatic rings. The number of ether oxygens (including phenoxy) is 1. The number of hydrogen-bond acceptors (Lipinski definition) is 8. The van der Waals surface area contributed by atoms with E-state index in [1.54, 1.807) is 25.4 Å². The fourth-order valence-corrected chi connectivity index (χ4v) is 7.33. The third-order valence-electron chi connectivity index (χ3n) is 9.35. The Morgan fingerprint density at radius 2 is 1.76 bits per heavy atom. The van der Waals surface area contributed by atoms with E-state index in [0.29, 0.717) is 22.4 Å². The second kappa shape index (κ2) is 14.0. The van der Waals surface area contributed by atoms with Crippen molar-refractivity contribution < 1.29 is 18.7 Å². The smallest absolute Gasteiger partial charge is 0.282 e. The van der Waals surface area contributed by atoms with Crippen LogP contribution >= 0.6 is 15.9 Å². The molecule has 2 amide bonds. The molecule has 1 unspecified atom stereocenters. The first-order valence-electron chi connectivity index (χ1n) is 15.9. The van der Waals surface area contributed by atoms with Crippen molar-refractivity contribution >= 4 is 33.4 Å². The number of rotatable bonds is 8. The van der Waals surface area contributed by atoms with Gasteiger partial charge in [-0.3, -0.25) is 24.6 Å². The summed E-state index contributed by atoms with van der Waals surface area (Å²) in [5.74, 6) is -1.09. The van der Waals surface area contributed by atoms with Crippen LogP contribution in [0.25, 0.3) is 0 Å². The van der Waals surface area contributed by atoms with Crippen LogP contribution in [0.4, 0.5) is 10.1 Å². The van der Waals surface area contributed by atoms with Crippen LogP contribution in [-0.4, -0.2) is 76.8 Å². The van der Waals surface area contributed by atoms with Crippen LogP contribution in [0.1, 0.15) is 60.6 Å². The minimum absolute atomic E-state index is 0.0743. The molecule has 0 radical (unpaired) electrons. The summed E-state index contributed by atoms with van der Waals surface area (Å²) in [7, 11) is 3.77. The number of imide groups is 1. The maximum absolute atomic E-state index is 14.9. The summed E-state index contributed by atoms with van der Waals surface area (Å²) in [4.78, 5) is 40.6. The standard InChI is InChI=1S/C34H40BrFN6O4/c1-40-19-24(15-25(20-40)38-29-17-37-41(2)34(45)32(29)35)22-5-3-21(4-6-22)18-42-13-11-26(12-14-42)46-30-9-7-23(16-28(30)36)27-8-10-31(43)39-33(27)44/h3-7,9,16-17,24-27,38H,8,10-15,18-20H2,1-2H3,(H,39,43,44)/t24-,25+,27?/m1/s1. The van der Waals surface area contributed by atoms with Crippen LogP contribution in [0.3, 0.4) is 0 Å². The molecule has 3 saturated heterocycles. The Kier molecular flexibility index (Phi) is 9.86. The number of amides is 2. The number of aromatic nitrogens is 2. The third kappa shape index (κ3) is 7.50. The fourth-order valence-electron chi connectivity index (χ4n) is 6.86. The maximum Gasteiger partial charge on any atom is 0.282 e. The van der Waals surface area contributed by atoms with Gasteiger partial charge < -0.3 is 15.0 Å². The molecule has 244 valence electrons. The van der Waals surface area contributed by atoms with Gasteiger partial charge in [0.25, 0.3) is 5.56 Å². The largest absolute Gasteiger partial charge is 0.487 e. The Bertz CT molecular complexity index is 1640. The highest BCUT2D eigenvalue weighted by Gasteiger charge is 2.30. The molecule has 12 heteroatoms. The SMILES string of the molecule is CN1C[C@@H](Nc2cnn(C)c(=O)c2Br)C[C@@H](c2ccc(CN3CCC(Oc4ccc(C5CCC(=O)NC5=O)cc4F)CC3)cc2)C1. The number of likely N-dealkylation sites (N-methyl/N-ethyl adjacent to an activating group) is 1. The Hall–Kier alpha value is -3.61. The van der Waals surface area contributed by atoms with Gasteiger partial charge in [-0.05, 0) is 83.4 Å². The van der Waals surface area contributed by atoms with Gasteiger partial charge >= 0.3 is 0 Å². The van der Waals surface area contributed by atoms with Gasteiger partial charge in [0.05, 0.1) is 17.8 Å². The van der Waals surface area contributed by atoms with E-state index in [1.807, 2.05) is 0 Å². The molecule has 6 rings (SSSR count). The highest BCUT2D eigenvalue weighted by molar-refractivity contribution is 9.10. The number of piperidine rings is 3. The van der Waals surface area contributed by atoms with E-state index >= 15 is 0 Å². The zero-order chi connectivity index (χ0) is 32.4. The lowest BCUT2D eigenvalue weighted by atomic mass is 9.87. The number of halogens is 2. The van der Waals surface area contributed by atoms with E-state index in [9.17, 15) is 18.8 Å². The molecule has 46 heavy (non-hydrogen) atoms. The van der Waals surface area contributed by atoms with Crippen molar-refractivity contribution in [3.8, 4) is 5.75 Å². The van der Waals surface area contributed by atoms with Crippen LogP contribution < -0.4 is 20.9 Å². The average molecular weight is 696 g/mol. The quantitative estimate of drug-likeness (QED) is 0.339. The normalized spacial score (nSPS) is 23.3. The summed E-state index contributed by atoms with van der Waals surface area (Å²) < 4.78 is 22.8. The van der Waals surface area contributed by atoms with E-state index in [0.717, 1.165) is 57.7 Å². The molecule has 2 N–H and O–H groups in total. The average Bonchev–Trinajstić information content (AvgIpc) is 3.03. The Morgan fingerprint density at radius 1 is 1.02 bits per heavy atom. The van der Waals surface area contributed by atoms with Gasteiger partial charge in [-0.1, -0.05) is 30.3 Å². The highest BCUT2D eigenvalue weighted by atomic mass is 79.9. The molecule has 3 fully saturated rings. The van der Waals surface area contributed by atoms with E-state index in [2.05, 4.69) is 72.8 Å². The first-order valence-corrected chi connectivity index (χ1v) is 16.7. The van der Waals surface area contributed by atoms with Gasteiger partial charge in [0, 0.05) is 52.2 Å². The minimum Gasteiger partial charge on any atom is -0.487 e. The molecule has 3 aliphatic rings. The van der Waals surface area contributed by atoms with Gasteiger partial charge in [-0.2, -0.15) is 5.10 Å². The fraction of sp³-hybridized carbons (Fsp3) is 0.471. The Morgan fingerprint density at radius 3 is 2.48 bits per heavy atom. The Balaban J connectivity index is 0.988. The van der Waals surface area contributed by atoms with Gasteiger partial charge in [0.15, 0.2) is 11.6 Å². The Labute approximate surface area is 276 Å². The van der Waals surface area contributed by atoms with Crippen LogP contribution in [-0.2, 0) is 23.2 Å². The summed E-state index contributed by atoms with van der Waals surface area (Å²) in [6.45, 7) is 4.42. The minimum atomic E-state index is -0.519. The van der Waals surface area contributed by atoms with Gasteiger partial charge in [-0.15, -0.1) is 0 Å². The molecule has 0 saturated carbocycles. The molecule has 2 aromatic carbocycles. The predicted octanol–water partition coefficient (Wildman–Crippen LogP) is 4.15. The van der Waals surface area contributed by atoms with Crippen molar-refractivity contribution in [2.45, 2.75) is 62.6 Å². The number of aryl methyl sites for hydroxylation is 1. The zero-order valence-corrected chi connectivity index (χ0v) is 27.8. The molecule has 4 heterocycles. The van der Waals surface area contributed by atoms with Gasteiger partial charge in [0.2, 0.25) is 11.8 Å². The van der Waals surface area contributed by atoms with E-state index in [-0.39, 0.29) is 41.7 Å². The monoisotopic (exact) mass is 694 g/mol. The molecule has 0 spiro atoms. The molecular formula is C34H40BrFN6O4. The summed E-state index contributed by atoms with van der Waals surface area (Å²) in [5, 5.41) is 10.0. The maximum atomic E-state index is 14.9. The number of carbonyl (C=O) groups is 2. The number of carbonyl (C=O) groups excluding carboxylic acids is 2.